The molecule has 2 aromatic rings. The second-order valence-corrected chi connectivity index (χ2v) is 4.37. The lowest BCUT2D eigenvalue weighted by Gasteiger charge is -2.15. The molecule has 5 heteroatoms. The highest BCUT2D eigenvalue weighted by Crippen LogP contribution is 2.18. The number of hydrogen-bond acceptors (Lipinski definition) is 3. The second kappa shape index (κ2) is 6.53. The third-order valence-electron chi connectivity index (χ3n) is 2.77. The zero-order chi connectivity index (χ0) is 15.2. The van der Waals surface area contributed by atoms with Crippen molar-refractivity contribution >= 4 is 11.6 Å². The van der Waals surface area contributed by atoms with E-state index in [0.29, 0.717) is 11.3 Å². The first-order chi connectivity index (χ1) is 10.1. The van der Waals surface area contributed by atoms with Crippen molar-refractivity contribution in [3.05, 3.63) is 59.9 Å². The van der Waals surface area contributed by atoms with E-state index in [-0.39, 0.29) is 5.75 Å². The van der Waals surface area contributed by atoms with E-state index in [0.717, 1.165) is 0 Å². The van der Waals surface area contributed by atoms with Crippen molar-refractivity contribution in [2.75, 3.05) is 5.32 Å². The molecule has 0 heterocycles. The highest BCUT2D eigenvalue weighted by molar-refractivity contribution is 5.94. The van der Waals surface area contributed by atoms with Crippen molar-refractivity contribution in [2.24, 2.45) is 0 Å². The summed E-state index contributed by atoms with van der Waals surface area (Å²) in [5.74, 6) is -0.928. The van der Waals surface area contributed by atoms with Crippen LogP contribution in [0.15, 0.2) is 48.5 Å². The summed E-state index contributed by atoms with van der Waals surface area (Å²) >= 11 is 0. The molecular formula is C16H13FN2O2. The Hall–Kier alpha value is -2.87. The fourth-order valence-electron chi connectivity index (χ4n) is 1.69. The van der Waals surface area contributed by atoms with Crippen LogP contribution >= 0.6 is 0 Å². The monoisotopic (exact) mass is 284 g/mol. The van der Waals surface area contributed by atoms with Crippen molar-refractivity contribution in [3.8, 4) is 11.8 Å². The van der Waals surface area contributed by atoms with Gasteiger partial charge in [-0.25, -0.2) is 4.39 Å². The van der Waals surface area contributed by atoms with Gasteiger partial charge in [0.15, 0.2) is 17.7 Å². The normalized spacial score (nSPS) is 11.3. The van der Waals surface area contributed by atoms with Crippen LogP contribution in [0.2, 0.25) is 0 Å². The average Bonchev–Trinajstić information content (AvgIpc) is 2.49. The molecule has 1 N–H and O–H groups in total. The van der Waals surface area contributed by atoms with Crippen molar-refractivity contribution in [3.63, 3.8) is 0 Å². The van der Waals surface area contributed by atoms with Gasteiger partial charge < -0.3 is 10.1 Å². The zero-order valence-electron chi connectivity index (χ0n) is 11.3. The van der Waals surface area contributed by atoms with E-state index >= 15 is 0 Å². The number of benzene rings is 2. The Bertz CT molecular complexity index is 695. The third kappa shape index (κ3) is 3.80. The number of anilines is 1. The minimum atomic E-state index is -0.868. The number of ether oxygens (including phenoxy) is 1. The van der Waals surface area contributed by atoms with E-state index < -0.39 is 17.8 Å². The summed E-state index contributed by atoms with van der Waals surface area (Å²) in [6.45, 7) is 1.52. The molecule has 1 atom stereocenters. The van der Waals surface area contributed by atoms with Crippen molar-refractivity contribution in [1.82, 2.24) is 0 Å². The minimum Gasteiger partial charge on any atom is -0.478 e. The molecule has 0 unspecified atom stereocenters. The quantitative estimate of drug-likeness (QED) is 0.938. The molecule has 0 saturated carbocycles. The molecule has 0 aliphatic carbocycles. The SMILES string of the molecule is C[C@@H](Oc1ccccc1F)C(=O)Nc1cccc(C#N)c1. The van der Waals surface area contributed by atoms with Crippen LogP contribution in [0.3, 0.4) is 0 Å². The second-order valence-electron chi connectivity index (χ2n) is 4.37. The topological polar surface area (TPSA) is 62.1 Å². The van der Waals surface area contributed by atoms with Gasteiger partial charge in [-0.1, -0.05) is 18.2 Å². The van der Waals surface area contributed by atoms with Crippen LogP contribution in [0.4, 0.5) is 10.1 Å². The van der Waals surface area contributed by atoms with Crippen LogP contribution in [0, 0.1) is 17.1 Å². The lowest BCUT2D eigenvalue weighted by atomic mass is 10.2. The van der Waals surface area contributed by atoms with Crippen LogP contribution < -0.4 is 10.1 Å². The largest absolute Gasteiger partial charge is 0.478 e. The Kier molecular flexibility index (Phi) is 4.52. The van der Waals surface area contributed by atoms with Crippen LogP contribution in [0.5, 0.6) is 5.75 Å². The van der Waals surface area contributed by atoms with E-state index in [1.165, 1.54) is 19.1 Å². The van der Waals surface area contributed by atoms with Crippen LogP contribution in [-0.2, 0) is 4.79 Å². The summed E-state index contributed by atoms with van der Waals surface area (Å²) in [4.78, 5) is 12.0. The van der Waals surface area contributed by atoms with Crippen molar-refractivity contribution < 1.29 is 13.9 Å². The number of nitrogens with one attached hydrogen (secondary N) is 1. The van der Waals surface area contributed by atoms with Crippen LogP contribution in [-0.4, -0.2) is 12.0 Å². The third-order valence-corrected chi connectivity index (χ3v) is 2.77. The van der Waals surface area contributed by atoms with Crippen LogP contribution in [0.1, 0.15) is 12.5 Å². The first-order valence-electron chi connectivity index (χ1n) is 6.32. The Morgan fingerprint density at radius 3 is 2.76 bits per heavy atom. The Labute approximate surface area is 121 Å². The summed E-state index contributed by atoms with van der Waals surface area (Å²) in [7, 11) is 0. The van der Waals surface area contributed by atoms with Gasteiger partial charge in [0, 0.05) is 5.69 Å². The predicted molar refractivity (Wildman–Crippen MR) is 76.3 cm³/mol. The molecule has 0 fully saturated rings. The Morgan fingerprint density at radius 1 is 1.29 bits per heavy atom. The maximum absolute atomic E-state index is 13.4. The van der Waals surface area contributed by atoms with Crippen LogP contribution in [0.25, 0.3) is 0 Å². The molecule has 2 rings (SSSR count). The molecule has 1 amide bonds. The van der Waals surface area contributed by atoms with Gasteiger partial charge in [-0.15, -0.1) is 0 Å². The van der Waals surface area contributed by atoms with Gasteiger partial charge in [-0.05, 0) is 37.3 Å². The van der Waals surface area contributed by atoms with E-state index in [1.54, 1.807) is 36.4 Å². The van der Waals surface area contributed by atoms with Crippen molar-refractivity contribution in [2.45, 2.75) is 13.0 Å². The first-order valence-corrected chi connectivity index (χ1v) is 6.32. The summed E-state index contributed by atoms with van der Waals surface area (Å²) in [6.07, 6.45) is -0.868. The molecule has 0 saturated heterocycles. The van der Waals surface area contributed by atoms with Gasteiger partial charge in [-0.3, -0.25) is 4.79 Å². The molecule has 4 nitrogen and oxygen atoms in total. The van der Waals surface area contributed by atoms with E-state index in [1.807, 2.05) is 6.07 Å². The number of rotatable bonds is 4. The molecule has 0 radical (unpaired) electrons. The highest BCUT2D eigenvalue weighted by Gasteiger charge is 2.16. The zero-order valence-corrected chi connectivity index (χ0v) is 11.3. The molecule has 0 bridgehead atoms. The lowest BCUT2D eigenvalue weighted by molar-refractivity contribution is -0.122. The number of halogens is 1. The van der Waals surface area contributed by atoms with Crippen molar-refractivity contribution in [1.29, 1.82) is 5.26 Å². The fraction of sp³-hybridized carbons (Fsp3) is 0.125. The van der Waals surface area contributed by atoms with Gasteiger partial charge in [0.1, 0.15) is 0 Å². The van der Waals surface area contributed by atoms with Gasteiger partial charge in [-0.2, -0.15) is 5.26 Å². The first kappa shape index (κ1) is 14.5. The number of para-hydroxylation sites is 1. The number of hydrogen-bond donors (Lipinski definition) is 1. The molecule has 0 spiro atoms. The molecule has 2 aromatic carbocycles. The summed E-state index contributed by atoms with van der Waals surface area (Å²) in [5.41, 5.74) is 0.929. The average molecular weight is 284 g/mol. The summed E-state index contributed by atoms with van der Waals surface area (Å²) in [5, 5.41) is 11.4. The van der Waals surface area contributed by atoms with Gasteiger partial charge in [0.2, 0.25) is 0 Å². The number of carbonyl (C=O) groups excluding carboxylic acids is 1. The lowest BCUT2D eigenvalue weighted by Crippen LogP contribution is -2.30. The highest BCUT2D eigenvalue weighted by atomic mass is 19.1. The molecule has 0 aliphatic heterocycles. The molecule has 21 heavy (non-hydrogen) atoms. The minimum absolute atomic E-state index is 0.0194. The van der Waals surface area contributed by atoms with E-state index in [4.69, 9.17) is 10.00 Å². The van der Waals surface area contributed by atoms with Gasteiger partial charge >= 0.3 is 0 Å². The predicted octanol–water partition coefficient (Wildman–Crippen LogP) is 3.10. The molecule has 0 aliphatic rings. The fourth-order valence-corrected chi connectivity index (χ4v) is 1.69. The summed E-state index contributed by atoms with van der Waals surface area (Å²) in [6, 6.07) is 14.4. The maximum Gasteiger partial charge on any atom is 0.265 e. The maximum atomic E-state index is 13.4. The molecule has 106 valence electrons. The Balaban J connectivity index is 2.03. The number of nitriles is 1. The summed E-state index contributed by atoms with van der Waals surface area (Å²) < 4.78 is 18.7. The molecular weight excluding hydrogens is 271 g/mol. The Morgan fingerprint density at radius 2 is 2.05 bits per heavy atom. The van der Waals surface area contributed by atoms with Gasteiger partial charge in [0.05, 0.1) is 11.6 Å². The number of amides is 1. The standard InChI is InChI=1S/C16H13FN2O2/c1-11(21-15-8-3-2-7-14(15)17)16(20)19-13-6-4-5-12(9-13)10-18/h2-9,11H,1H3,(H,19,20)/t11-/m1/s1. The number of nitrogens with zero attached hydrogens (tertiary/aromatic N) is 1. The van der Waals surface area contributed by atoms with E-state index in [9.17, 15) is 9.18 Å². The van der Waals surface area contributed by atoms with Gasteiger partial charge in [0.25, 0.3) is 5.91 Å². The molecule has 0 aromatic heterocycles. The smallest absolute Gasteiger partial charge is 0.265 e. The van der Waals surface area contributed by atoms with E-state index in [2.05, 4.69) is 5.32 Å². The number of carbonyl (C=O) groups is 1.